The highest BCUT2D eigenvalue weighted by Gasteiger charge is 1.84. The molecule has 2 heteroatoms. The van der Waals surface area contributed by atoms with E-state index in [9.17, 15) is 0 Å². The van der Waals surface area contributed by atoms with Crippen molar-refractivity contribution in [2.24, 2.45) is 5.73 Å². The van der Waals surface area contributed by atoms with Crippen molar-refractivity contribution in [3.8, 4) is 0 Å². The van der Waals surface area contributed by atoms with E-state index >= 15 is 0 Å². The maximum atomic E-state index is 5.43. The van der Waals surface area contributed by atoms with Gasteiger partial charge in [-0.2, -0.15) is 0 Å². The summed E-state index contributed by atoms with van der Waals surface area (Å²) in [6.07, 6.45) is 5.08. The van der Waals surface area contributed by atoms with Gasteiger partial charge in [0.2, 0.25) is 0 Å². The van der Waals surface area contributed by atoms with Crippen LogP contribution in [0, 0.1) is 0 Å². The predicted molar refractivity (Wildman–Crippen MR) is 42.0 cm³/mol. The lowest BCUT2D eigenvalue weighted by molar-refractivity contribution is 1.41. The topological polar surface area (TPSA) is 26.0 Å². The van der Waals surface area contributed by atoms with E-state index in [0.29, 0.717) is 11.2 Å². The van der Waals surface area contributed by atoms with E-state index in [-0.39, 0.29) is 0 Å². The summed E-state index contributed by atoms with van der Waals surface area (Å²) in [6.45, 7) is 5.35. The molecule has 9 heavy (non-hydrogen) atoms. The molecule has 46 valence electrons. The molecular formula is C7H10BN. The summed E-state index contributed by atoms with van der Waals surface area (Å²) in [5.41, 5.74) is 6.47. The molecular weight excluding hydrogens is 109 g/mol. The fourth-order valence-corrected chi connectivity index (χ4v) is 0.394. The highest BCUT2D eigenvalue weighted by molar-refractivity contribution is 6.24. The van der Waals surface area contributed by atoms with E-state index in [4.69, 9.17) is 13.6 Å². The summed E-state index contributed by atoms with van der Waals surface area (Å²) < 4.78 is 0. The molecule has 2 radical (unpaired) electrons. The van der Waals surface area contributed by atoms with E-state index in [1.807, 2.05) is 13.0 Å². The summed E-state index contributed by atoms with van der Waals surface area (Å²) >= 11 is 0. The van der Waals surface area contributed by atoms with Crippen molar-refractivity contribution in [2.75, 3.05) is 0 Å². The summed E-state index contributed by atoms with van der Waals surface area (Å²) in [5.74, 6) is 0. The lowest BCUT2D eigenvalue weighted by Crippen LogP contribution is -1.96. The molecule has 0 aromatic heterocycles. The Morgan fingerprint density at radius 1 is 1.67 bits per heavy atom. The molecule has 0 aliphatic rings. The Morgan fingerprint density at radius 3 is 2.56 bits per heavy atom. The lowest BCUT2D eigenvalue weighted by Gasteiger charge is -1.94. The van der Waals surface area contributed by atoms with Crippen molar-refractivity contribution in [1.29, 1.82) is 0 Å². The molecule has 0 saturated heterocycles. The van der Waals surface area contributed by atoms with Gasteiger partial charge in [0.15, 0.2) is 0 Å². The van der Waals surface area contributed by atoms with Crippen molar-refractivity contribution >= 4 is 7.85 Å². The Bertz CT molecular complexity index is 156. The third-order valence-corrected chi connectivity index (χ3v) is 0.899. The van der Waals surface area contributed by atoms with Crippen LogP contribution >= 0.6 is 0 Å². The Morgan fingerprint density at radius 2 is 2.22 bits per heavy atom. The molecule has 0 aliphatic heterocycles. The van der Waals surface area contributed by atoms with Crippen molar-refractivity contribution in [3.63, 3.8) is 0 Å². The molecule has 0 aliphatic carbocycles. The van der Waals surface area contributed by atoms with Gasteiger partial charge in [0.25, 0.3) is 0 Å². The largest absolute Gasteiger partial charge is 0.399 e. The van der Waals surface area contributed by atoms with Crippen LogP contribution in [0.2, 0.25) is 0 Å². The highest BCUT2D eigenvalue weighted by Crippen LogP contribution is 1.95. The van der Waals surface area contributed by atoms with E-state index in [1.165, 1.54) is 6.08 Å². The van der Waals surface area contributed by atoms with Gasteiger partial charge in [0, 0.05) is 5.70 Å². The average Bonchev–Trinajstić information content (AvgIpc) is 1.87. The van der Waals surface area contributed by atoms with Crippen LogP contribution in [0.4, 0.5) is 0 Å². The zero-order valence-corrected chi connectivity index (χ0v) is 5.59. The van der Waals surface area contributed by atoms with Gasteiger partial charge in [-0.25, -0.2) is 0 Å². The molecule has 0 saturated carbocycles. The molecule has 0 rings (SSSR count). The Hall–Kier alpha value is -0.915. The fourth-order valence-electron chi connectivity index (χ4n) is 0.394. The first kappa shape index (κ1) is 8.08. The predicted octanol–water partition coefficient (Wildman–Crippen LogP) is 1.09. The van der Waals surface area contributed by atoms with Crippen LogP contribution < -0.4 is 5.73 Å². The molecule has 0 aromatic carbocycles. The Kier molecular flexibility index (Phi) is 3.61. The molecule has 0 spiro atoms. The van der Waals surface area contributed by atoms with Gasteiger partial charge in [0.05, 0.1) is 0 Å². The second-order valence-electron chi connectivity index (χ2n) is 1.61. The zero-order chi connectivity index (χ0) is 7.28. The van der Waals surface area contributed by atoms with Gasteiger partial charge in [-0.1, -0.05) is 24.2 Å². The van der Waals surface area contributed by atoms with E-state index < -0.39 is 0 Å². The number of rotatable bonds is 2. The molecule has 0 atom stereocenters. The molecule has 2 N–H and O–H groups in total. The van der Waals surface area contributed by atoms with Crippen LogP contribution in [0.3, 0.4) is 0 Å². The van der Waals surface area contributed by atoms with Crippen molar-refractivity contribution < 1.29 is 0 Å². The third-order valence-electron chi connectivity index (χ3n) is 0.899. The van der Waals surface area contributed by atoms with Crippen molar-refractivity contribution in [2.45, 2.75) is 6.92 Å². The first-order chi connectivity index (χ1) is 4.22. The van der Waals surface area contributed by atoms with Crippen LogP contribution in [0.25, 0.3) is 0 Å². The standard InChI is InChI=1S/C7H10BN/c1-3-5-6(8)7(9)4-2/h3-5H,2,9H2,1H3/b5-3-,7-6-. The normalized spacial score (nSPS) is 13.4. The smallest absolute Gasteiger partial charge is 0.116 e. The molecule has 1 nitrogen and oxygen atoms in total. The fraction of sp³-hybridized carbons (Fsp3) is 0.143. The Balaban J connectivity index is 4.27. The third kappa shape index (κ3) is 2.80. The van der Waals surface area contributed by atoms with Crippen LogP contribution in [0.15, 0.2) is 36.0 Å². The Labute approximate surface area is 57.4 Å². The number of allylic oxidation sites excluding steroid dienone is 4. The average molecular weight is 119 g/mol. The van der Waals surface area contributed by atoms with Gasteiger partial charge in [-0.15, -0.1) is 0 Å². The minimum atomic E-state index is 0.521. The van der Waals surface area contributed by atoms with Crippen molar-refractivity contribution in [1.82, 2.24) is 0 Å². The molecule has 0 bridgehead atoms. The van der Waals surface area contributed by atoms with Gasteiger partial charge < -0.3 is 5.73 Å². The molecule has 0 unspecified atom stereocenters. The van der Waals surface area contributed by atoms with E-state index in [2.05, 4.69) is 6.58 Å². The quantitative estimate of drug-likeness (QED) is 0.427. The molecule has 0 amide bonds. The van der Waals surface area contributed by atoms with Gasteiger partial charge in [0.1, 0.15) is 7.85 Å². The van der Waals surface area contributed by atoms with Gasteiger partial charge in [-0.3, -0.25) is 0 Å². The van der Waals surface area contributed by atoms with Crippen LogP contribution in [0.5, 0.6) is 0 Å². The minimum absolute atomic E-state index is 0.521. The number of nitrogens with two attached hydrogens (primary N) is 1. The monoisotopic (exact) mass is 119 g/mol. The SMILES string of the molecule is [B]C(/C=C\C)=C(\N)C=C. The highest BCUT2D eigenvalue weighted by atomic mass is 14.6. The van der Waals surface area contributed by atoms with Crippen LogP contribution in [-0.2, 0) is 0 Å². The maximum Gasteiger partial charge on any atom is 0.116 e. The second-order valence-corrected chi connectivity index (χ2v) is 1.61. The molecule has 0 fully saturated rings. The van der Waals surface area contributed by atoms with E-state index in [0.717, 1.165) is 0 Å². The number of hydrogen-bond donors (Lipinski definition) is 1. The first-order valence-electron chi connectivity index (χ1n) is 2.72. The second kappa shape index (κ2) is 4.01. The molecule has 0 heterocycles. The maximum absolute atomic E-state index is 5.43. The number of hydrogen-bond acceptors (Lipinski definition) is 1. The van der Waals surface area contributed by atoms with Crippen molar-refractivity contribution in [3.05, 3.63) is 36.0 Å². The van der Waals surface area contributed by atoms with Gasteiger partial charge in [-0.05, 0) is 13.0 Å². The van der Waals surface area contributed by atoms with Crippen LogP contribution in [0.1, 0.15) is 6.92 Å². The summed E-state index contributed by atoms with van der Waals surface area (Å²) in [5, 5.41) is 0. The first-order valence-corrected chi connectivity index (χ1v) is 2.72. The van der Waals surface area contributed by atoms with Crippen LogP contribution in [-0.4, -0.2) is 7.85 Å². The van der Waals surface area contributed by atoms with E-state index in [1.54, 1.807) is 6.08 Å². The minimum Gasteiger partial charge on any atom is -0.399 e. The summed E-state index contributed by atoms with van der Waals surface area (Å²) in [7, 11) is 5.43. The zero-order valence-electron chi connectivity index (χ0n) is 5.59. The lowest BCUT2D eigenvalue weighted by atomic mass is 9.93. The summed E-state index contributed by atoms with van der Waals surface area (Å²) in [6, 6.07) is 0. The summed E-state index contributed by atoms with van der Waals surface area (Å²) in [4.78, 5) is 0. The molecule has 0 aromatic rings. The van der Waals surface area contributed by atoms with Gasteiger partial charge >= 0.3 is 0 Å².